The minimum absolute atomic E-state index is 0.111. The molecule has 0 aromatic rings. The highest BCUT2D eigenvalue weighted by atomic mass is 16.5. The lowest BCUT2D eigenvalue weighted by Gasteiger charge is -2.58. The highest BCUT2D eigenvalue weighted by Crippen LogP contribution is 2.67. The van der Waals surface area contributed by atoms with E-state index in [9.17, 15) is 9.59 Å². The predicted molar refractivity (Wildman–Crippen MR) is 194 cm³/mol. The maximum absolute atomic E-state index is 13.1. The van der Waals surface area contributed by atoms with Crippen LogP contribution in [0.3, 0.4) is 0 Å². The molecular weight excluding hydrogens is 584 g/mol. The van der Waals surface area contributed by atoms with Crippen LogP contribution < -0.4 is 16.8 Å². The molecule has 8 unspecified atom stereocenters. The van der Waals surface area contributed by atoms with Gasteiger partial charge in [-0.1, -0.05) is 65.5 Å². The van der Waals surface area contributed by atoms with E-state index < -0.39 is 0 Å². The lowest BCUT2D eigenvalue weighted by atomic mass is 9.47. The zero-order chi connectivity index (χ0) is 34.0. The topological polar surface area (TPSA) is 111 Å². The van der Waals surface area contributed by atoms with Gasteiger partial charge in [-0.15, -0.1) is 0 Å². The van der Waals surface area contributed by atoms with Crippen molar-refractivity contribution >= 4 is 11.9 Å². The van der Waals surface area contributed by atoms with E-state index in [-0.39, 0.29) is 29.8 Å². The van der Waals surface area contributed by atoms with E-state index in [1.807, 2.05) is 4.90 Å². The zero-order valence-electron chi connectivity index (χ0n) is 31.0. The average Bonchev–Trinajstić information content (AvgIpc) is 3.39. The largest absolute Gasteiger partial charge is 0.462 e. The van der Waals surface area contributed by atoms with Crippen molar-refractivity contribution in [3.8, 4) is 0 Å². The number of esters is 1. The van der Waals surface area contributed by atoms with E-state index in [1.54, 1.807) is 0 Å². The van der Waals surface area contributed by atoms with E-state index in [0.29, 0.717) is 31.6 Å². The summed E-state index contributed by atoms with van der Waals surface area (Å²) in [4.78, 5) is 28.0. The molecule has 4 aliphatic rings. The molecule has 4 rings (SSSR count). The molecule has 270 valence electrons. The molecule has 0 bridgehead atoms. The first-order valence-electron chi connectivity index (χ1n) is 19.8. The summed E-state index contributed by atoms with van der Waals surface area (Å²) in [6, 6.07) is 0. The summed E-state index contributed by atoms with van der Waals surface area (Å²) in [5.74, 6) is 4.43. The number of ether oxygens (including phenoxy) is 1. The van der Waals surface area contributed by atoms with E-state index in [2.05, 4.69) is 46.0 Å². The number of unbranched alkanes of at least 4 members (excludes halogenated alkanes) is 1. The molecule has 0 heterocycles. The number of carbonyl (C=O) groups is 2. The molecule has 3 fully saturated rings. The molecule has 1 amide bonds. The third-order valence-corrected chi connectivity index (χ3v) is 13.4. The van der Waals surface area contributed by atoms with Crippen molar-refractivity contribution in [2.75, 3.05) is 39.3 Å². The molecule has 4 aliphatic carbocycles. The summed E-state index contributed by atoms with van der Waals surface area (Å²) < 4.78 is 6.03. The molecule has 0 aromatic carbocycles. The summed E-state index contributed by atoms with van der Waals surface area (Å²) in [5.41, 5.74) is 13.6. The summed E-state index contributed by atoms with van der Waals surface area (Å²) in [5, 5.41) is 3.39. The van der Waals surface area contributed by atoms with Crippen LogP contribution in [0.1, 0.15) is 137 Å². The molecule has 7 nitrogen and oxygen atoms in total. The maximum atomic E-state index is 13.1. The van der Waals surface area contributed by atoms with Gasteiger partial charge in [0.1, 0.15) is 12.5 Å². The Morgan fingerprint density at radius 1 is 0.915 bits per heavy atom. The lowest BCUT2D eigenvalue weighted by molar-refractivity contribution is -0.155. The number of rotatable bonds is 19. The SMILES string of the molecule is CC(C)CCCC(C)C1CCC2C3CC=C4CC(OC(=O)CC(=O)N(CCCN)CCCCNCCCN)CCC4(C)C3CCC12C. The molecule has 0 aromatic heterocycles. The Bertz CT molecular complexity index is 1030. The first kappa shape index (κ1) is 38.4. The molecule has 3 saturated carbocycles. The van der Waals surface area contributed by atoms with E-state index >= 15 is 0 Å². The molecule has 0 saturated heterocycles. The van der Waals surface area contributed by atoms with Crippen molar-refractivity contribution < 1.29 is 14.3 Å². The van der Waals surface area contributed by atoms with Crippen LogP contribution in [0.25, 0.3) is 0 Å². The smallest absolute Gasteiger partial charge is 0.315 e. The van der Waals surface area contributed by atoms with Gasteiger partial charge in [-0.3, -0.25) is 9.59 Å². The molecule has 7 heteroatoms. The van der Waals surface area contributed by atoms with Crippen LogP contribution in [0.4, 0.5) is 0 Å². The summed E-state index contributed by atoms with van der Waals surface area (Å²) in [6.45, 7) is 16.8. The fraction of sp³-hybridized carbons (Fsp3) is 0.900. The van der Waals surface area contributed by atoms with E-state index in [1.165, 1.54) is 56.9 Å². The number of nitrogens with one attached hydrogen (secondary N) is 1. The van der Waals surface area contributed by atoms with E-state index in [0.717, 1.165) is 93.5 Å². The predicted octanol–water partition coefficient (Wildman–Crippen LogP) is 7.23. The monoisotopic (exact) mass is 657 g/mol. The van der Waals surface area contributed by atoms with Crippen LogP contribution in [0.5, 0.6) is 0 Å². The van der Waals surface area contributed by atoms with Gasteiger partial charge in [0, 0.05) is 19.5 Å². The van der Waals surface area contributed by atoms with Gasteiger partial charge in [0.15, 0.2) is 0 Å². The molecule has 0 spiro atoms. The molecular formula is C40H72N4O3. The van der Waals surface area contributed by atoms with Gasteiger partial charge in [0.2, 0.25) is 5.91 Å². The number of hydrogen-bond donors (Lipinski definition) is 3. The highest BCUT2D eigenvalue weighted by Gasteiger charge is 2.59. The fourth-order valence-corrected chi connectivity index (χ4v) is 10.8. The summed E-state index contributed by atoms with van der Waals surface area (Å²) >= 11 is 0. The van der Waals surface area contributed by atoms with Crippen molar-refractivity contribution in [1.29, 1.82) is 0 Å². The number of fused-ring (bicyclic) bond motifs is 5. The van der Waals surface area contributed by atoms with Gasteiger partial charge in [-0.05, 0) is 143 Å². The molecule has 0 radical (unpaired) electrons. The Hall–Kier alpha value is -1.44. The van der Waals surface area contributed by atoms with Crippen molar-refractivity contribution in [2.45, 2.75) is 143 Å². The highest BCUT2D eigenvalue weighted by molar-refractivity contribution is 5.94. The third-order valence-electron chi connectivity index (χ3n) is 13.4. The number of nitrogens with zero attached hydrogens (tertiary/aromatic N) is 1. The van der Waals surface area contributed by atoms with Crippen LogP contribution in [0.2, 0.25) is 0 Å². The first-order chi connectivity index (χ1) is 22.5. The fourth-order valence-electron chi connectivity index (χ4n) is 10.8. The van der Waals surface area contributed by atoms with Crippen molar-refractivity contribution in [3.63, 3.8) is 0 Å². The number of amides is 1. The number of allylic oxidation sites excluding steroid dienone is 1. The van der Waals surface area contributed by atoms with Crippen LogP contribution in [0.15, 0.2) is 11.6 Å². The second-order valence-corrected chi connectivity index (χ2v) is 16.9. The molecule has 0 aliphatic heterocycles. The summed E-state index contributed by atoms with van der Waals surface area (Å²) in [6.07, 6.45) is 19.6. The molecule has 47 heavy (non-hydrogen) atoms. The average molecular weight is 657 g/mol. The minimum atomic E-state index is -0.368. The first-order valence-corrected chi connectivity index (χ1v) is 19.8. The molecule has 5 N–H and O–H groups in total. The molecule has 8 atom stereocenters. The standard InChI is InChI=1S/C40H72N4O3/c1-29(2)11-8-12-30(3)34-15-16-35-33-14-13-31-27-32(17-19-39(31,4)36(33)18-20-40(34,35)5)47-38(46)28-37(45)44(26-10-22-42)25-7-6-23-43-24-9-21-41/h13,29-30,32-36,43H,6-12,14-28,41-42H2,1-5H3. The second-order valence-electron chi connectivity index (χ2n) is 16.9. The van der Waals surface area contributed by atoms with Crippen LogP contribution in [-0.2, 0) is 14.3 Å². The summed E-state index contributed by atoms with van der Waals surface area (Å²) in [7, 11) is 0. The Kier molecular flexibility index (Phi) is 14.7. The number of hydrogen-bond acceptors (Lipinski definition) is 6. The van der Waals surface area contributed by atoms with Gasteiger partial charge in [0.25, 0.3) is 0 Å². The Morgan fingerprint density at radius 3 is 2.40 bits per heavy atom. The Labute approximate surface area is 288 Å². The zero-order valence-corrected chi connectivity index (χ0v) is 31.0. The number of carbonyl (C=O) groups excluding carboxylic acids is 2. The van der Waals surface area contributed by atoms with Gasteiger partial charge in [0.05, 0.1) is 0 Å². The van der Waals surface area contributed by atoms with E-state index in [4.69, 9.17) is 16.2 Å². The van der Waals surface area contributed by atoms with Crippen LogP contribution in [-0.4, -0.2) is 62.1 Å². The van der Waals surface area contributed by atoms with Gasteiger partial charge in [-0.2, -0.15) is 0 Å². The van der Waals surface area contributed by atoms with Crippen molar-refractivity contribution in [1.82, 2.24) is 10.2 Å². The van der Waals surface area contributed by atoms with Gasteiger partial charge < -0.3 is 26.4 Å². The third kappa shape index (κ3) is 9.63. The normalized spacial score (nSPS) is 32.3. The quantitative estimate of drug-likeness (QED) is 0.0586. The van der Waals surface area contributed by atoms with Gasteiger partial charge >= 0.3 is 5.97 Å². The minimum Gasteiger partial charge on any atom is -0.462 e. The van der Waals surface area contributed by atoms with Crippen molar-refractivity contribution in [3.05, 3.63) is 11.6 Å². The maximum Gasteiger partial charge on any atom is 0.315 e. The Balaban J connectivity index is 1.28. The lowest BCUT2D eigenvalue weighted by Crippen LogP contribution is -2.51. The van der Waals surface area contributed by atoms with Gasteiger partial charge in [-0.25, -0.2) is 0 Å². The Morgan fingerprint density at radius 2 is 1.66 bits per heavy atom. The van der Waals surface area contributed by atoms with Crippen LogP contribution >= 0.6 is 0 Å². The second kappa shape index (κ2) is 18.0. The van der Waals surface area contributed by atoms with Crippen LogP contribution in [0, 0.1) is 46.3 Å². The van der Waals surface area contributed by atoms with Crippen molar-refractivity contribution in [2.24, 2.45) is 57.8 Å². The number of nitrogens with two attached hydrogens (primary N) is 2.